The Morgan fingerprint density at radius 3 is 2.90 bits per heavy atom. The molecule has 2 bridgehead atoms. The fourth-order valence-corrected chi connectivity index (χ4v) is 5.32. The highest BCUT2D eigenvalue weighted by Crippen LogP contribution is 2.55. The van der Waals surface area contributed by atoms with E-state index in [0.29, 0.717) is 17.2 Å². The number of nitrogens with one attached hydrogen (secondary N) is 1. The zero-order valence-corrected chi connectivity index (χ0v) is 13.2. The maximum absolute atomic E-state index is 10.5. The van der Waals surface area contributed by atoms with E-state index in [0.717, 1.165) is 24.6 Å². The molecule has 114 valence electrons. The summed E-state index contributed by atoms with van der Waals surface area (Å²) in [5.41, 5.74) is 4.22. The molecule has 2 N–H and O–H groups in total. The van der Waals surface area contributed by atoms with Gasteiger partial charge in [0.15, 0.2) is 0 Å². The number of phenols is 1. The second-order valence-electron chi connectivity index (χ2n) is 7.42. The Bertz CT molecular complexity index is 565. The van der Waals surface area contributed by atoms with Crippen molar-refractivity contribution >= 4 is 5.69 Å². The third-order valence-corrected chi connectivity index (χ3v) is 6.22. The summed E-state index contributed by atoms with van der Waals surface area (Å²) in [5.74, 6) is 1.23. The van der Waals surface area contributed by atoms with E-state index in [-0.39, 0.29) is 0 Å². The van der Waals surface area contributed by atoms with Crippen molar-refractivity contribution in [3.8, 4) is 5.75 Å². The second-order valence-corrected chi connectivity index (χ2v) is 7.42. The molecule has 0 unspecified atom stereocenters. The molecule has 3 atom stereocenters. The van der Waals surface area contributed by atoms with Crippen LogP contribution >= 0.6 is 0 Å². The van der Waals surface area contributed by atoms with Gasteiger partial charge in [0.2, 0.25) is 0 Å². The minimum absolute atomic E-state index is 0.337. The number of hydrogen-bond acceptors (Lipinski definition) is 3. The standard InChI is InChI=1S/C18H26N2O/c1-20(2)16-10-12-9-15-13-5-3-4-6-18(13,7-8-19-15)14(12)11-17(16)21/h10-11,13,15,19,21H,3-9H2,1-2H3/t13-,15+,18+/m1/s1. The molecule has 4 rings (SSSR count). The van der Waals surface area contributed by atoms with Crippen LogP contribution in [0.1, 0.15) is 43.2 Å². The summed E-state index contributed by atoms with van der Waals surface area (Å²) in [7, 11) is 4.01. The lowest BCUT2D eigenvalue weighted by atomic mass is 9.53. The van der Waals surface area contributed by atoms with Crippen LogP contribution in [-0.2, 0) is 11.8 Å². The molecule has 3 nitrogen and oxygen atoms in total. The molecule has 3 aliphatic rings. The number of piperidine rings is 1. The highest BCUT2D eigenvalue weighted by molar-refractivity contribution is 5.63. The van der Waals surface area contributed by atoms with Crippen molar-refractivity contribution < 1.29 is 5.11 Å². The van der Waals surface area contributed by atoms with Crippen molar-refractivity contribution in [1.29, 1.82) is 0 Å². The van der Waals surface area contributed by atoms with Gasteiger partial charge in [-0.2, -0.15) is 0 Å². The molecule has 2 aliphatic carbocycles. The fourth-order valence-electron chi connectivity index (χ4n) is 5.32. The van der Waals surface area contributed by atoms with Gasteiger partial charge in [-0.3, -0.25) is 0 Å². The Hall–Kier alpha value is -1.22. The highest BCUT2D eigenvalue weighted by Gasteiger charge is 2.51. The van der Waals surface area contributed by atoms with Gasteiger partial charge in [-0.15, -0.1) is 0 Å². The van der Waals surface area contributed by atoms with Crippen LogP contribution in [0.15, 0.2) is 12.1 Å². The molecule has 1 aliphatic heterocycles. The molecule has 0 aromatic heterocycles. The first-order chi connectivity index (χ1) is 10.1. The smallest absolute Gasteiger partial charge is 0.139 e. The summed E-state index contributed by atoms with van der Waals surface area (Å²) in [6, 6.07) is 4.98. The van der Waals surface area contributed by atoms with Crippen LogP contribution in [0.3, 0.4) is 0 Å². The number of rotatable bonds is 1. The van der Waals surface area contributed by atoms with E-state index in [2.05, 4.69) is 17.4 Å². The van der Waals surface area contributed by atoms with Crippen LogP contribution in [0.25, 0.3) is 0 Å². The number of anilines is 1. The summed E-state index contributed by atoms with van der Waals surface area (Å²) >= 11 is 0. The first kappa shape index (κ1) is 13.4. The second kappa shape index (κ2) is 4.64. The van der Waals surface area contributed by atoms with Crippen molar-refractivity contribution in [3.05, 3.63) is 23.3 Å². The summed E-state index contributed by atoms with van der Waals surface area (Å²) < 4.78 is 0. The summed E-state index contributed by atoms with van der Waals surface area (Å²) in [6.07, 6.45) is 7.75. The van der Waals surface area contributed by atoms with Crippen LogP contribution in [0.2, 0.25) is 0 Å². The molecular formula is C18H26N2O. The third-order valence-electron chi connectivity index (χ3n) is 6.22. The summed E-state index contributed by atoms with van der Waals surface area (Å²) in [4.78, 5) is 2.02. The van der Waals surface area contributed by atoms with E-state index in [4.69, 9.17) is 0 Å². The van der Waals surface area contributed by atoms with Crippen molar-refractivity contribution in [2.45, 2.75) is 50.0 Å². The van der Waals surface area contributed by atoms with E-state index in [1.54, 1.807) is 0 Å². The maximum Gasteiger partial charge on any atom is 0.139 e. The molecule has 0 spiro atoms. The average Bonchev–Trinajstić information content (AvgIpc) is 2.47. The van der Waals surface area contributed by atoms with E-state index in [9.17, 15) is 5.11 Å². The average molecular weight is 286 g/mol. The number of benzene rings is 1. The molecular weight excluding hydrogens is 260 g/mol. The first-order valence-electron chi connectivity index (χ1n) is 8.39. The van der Waals surface area contributed by atoms with Gasteiger partial charge in [0, 0.05) is 25.6 Å². The SMILES string of the molecule is CN(C)c1cc2c(cc1O)[C@]13CCCC[C@@H]1[C@H](C2)NCC3. The quantitative estimate of drug-likeness (QED) is 0.833. The molecule has 1 saturated heterocycles. The molecule has 0 radical (unpaired) electrons. The molecule has 1 aromatic carbocycles. The van der Waals surface area contributed by atoms with E-state index >= 15 is 0 Å². The predicted octanol–water partition coefficient (Wildman–Crippen LogP) is 2.80. The van der Waals surface area contributed by atoms with Gasteiger partial charge in [0.25, 0.3) is 0 Å². The predicted molar refractivity (Wildman–Crippen MR) is 86.2 cm³/mol. The number of aromatic hydroxyl groups is 1. The highest BCUT2D eigenvalue weighted by atomic mass is 16.3. The lowest BCUT2D eigenvalue weighted by Crippen LogP contribution is -2.59. The first-order valence-corrected chi connectivity index (χ1v) is 8.39. The molecule has 1 aromatic rings. The Labute approximate surface area is 127 Å². The maximum atomic E-state index is 10.5. The molecule has 21 heavy (non-hydrogen) atoms. The molecule has 1 heterocycles. The Morgan fingerprint density at radius 1 is 1.24 bits per heavy atom. The van der Waals surface area contributed by atoms with Crippen LogP contribution in [0.5, 0.6) is 5.75 Å². The topological polar surface area (TPSA) is 35.5 Å². The number of phenolic OH excluding ortho intramolecular Hbond substituents is 1. The molecule has 1 saturated carbocycles. The lowest BCUT2D eigenvalue weighted by Gasteiger charge is -2.56. The lowest BCUT2D eigenvalue weighted by molar-refractivity contribution is 0.0796. The van der Waals surface area contributed by atoms with Crippen LogP contribution in [0, 0.1) is 5.92 Å². The molecule has 2 fully saturated rings. The van der Waals surface area contributed by atoms with E-state index in [1.807, 2.05) is 19.0 Å². The largest absolute Gasteiger partial charge is 0.506 e. The summed E-state index contributed by atoms with van der Waals surface area (Å²) in [6.45, 7) is 1.14. The van der Waals surface area contributed by atoms with Crippen molar-refractivity contribution in [3.63, 3.8) is 0 Å². The van der Waals surface area contributed by atoms with Gasteiger partial charge in [-0.1, -0.05) is 12.8 Å². The van der Waals surface area contributed by atoms with Gasteiger partial charge >= 0.3 is 0 Å². The van der Waals surface area contributed by atoms with Gasteiger partial charge in [0.1, 0.15) is 5.75 Å². The van der Waals surface area contributed by atoms with Crippen molar-refractivity contribution in [2.75, 3.05) is 25.5 Å². The monoisotopic (exact) mass is 286 g/mol. The van der Waals surface area contributed by atoms with Crippen LogP contribution < -0.4 is 10.2 Å². The van der Waals surface area contributed by atoms with Crippen molar-refractivity contribution in [1.82, 2.24) is 5.32 Å². The Kier molecular flexibility index (Phi) is 2.97. The summed E-state index contributed by atoms with van der Waals surface area (Å²) in [5, 5.41) is 14.2. The van der Waals surface area contributed by atoms with E-state index in [1.165, 1.54) is 43.2 Å². The molecule has 0 amide bonds. The fraction of sp³-hybridized carbons (Fsp3) is 0.667. The van der Waals surface area contributed by atoms with Crippen LogP contribution in [0.4, 0.5) is 5.69 Å². The Morgan fingerprint density at radius 2 is 2.10 bits per heavy atom. The normalized spacial score (nSPS) is 34.0. The van der Waals surface area contributed by atoms with Gasteiger partial charge in [0.05, 0.1) is 5.69 Å². The minimum atomic E-state index is 0.337. The van der Waals surface area contributed by atoms with Gasteiger partial charge in [-0.25, -0.2) is 0 Å². The zero-order valence-electron chi connectivity index (χ0n) is 13.2. The zero-order chi connectivity index (χ0) is 14.6. The van der Waals surface area contributed by atoms with E-state index < -0.39 is 0 Å². The number of hydrogen-bond donors (Lipinski definition) is 2. The number of fused-ring (bicyclic) bond motifs is 1. The van der Waals surface area contributed by atoms with Gasteiger partial charge in [-0.05, 0) is 61.4 Å². The van der Waals surface area contributed by atoms with Crippen molar-refractivity contribution in [2.24, 2.45) is 5.92 Å². The van der Waals surface area contributed by atoms with Crippen LogP contribution in [-0.4, -0.2) is 31.8 Å². The third kappa shape index (κ3) is 1.83. The number of nitrogens with zero attached hydrogens (tertiary/aromatic N) is 1. The minimum Gasteiger partial charge on any atom is -0.506 e. The van der Waals surface area contributed by atoms with Gasteiger partial charge < -0.3 is 15.3 Å². The Balaban J connectivity index is 1.88. The molecule has 3 heteroatoms.